The Morgan fingerprint density at radius 2 is 1.60 bits per heavy atom. The lowest BCUT2D eigenvalue weighted by Gasteiger charge is -2.22. The van der Waals surface area contributed by atoms with Crippen LogP contribution in [-0.4, -0.2) is 50.3 Å². The quantitative estimate of drug-likeness (QED) is 0.658. The number of rotatable bonds is 9. The summed E-state index contributed by atoms with van der Waals surface area (Å²) in [6.45, 7) is 4.54. The molecule has 1 aliphatic carbocycles. The van der Waals surface area contributed by atoms with Crippen LogP contribution in [0.5, 0.6) is 0 Å². The predicted octanol–water partition coefficient (Wildman–Crippen LogP) is 3.25. The molecule has 0 aromatic rings. The van der Waals surface area contributed by atoms with Gasteiger partial charge >= 0.3 is 0 Å². The lowest BCUT2D eigenvalue weighted by Crippen LogP contribution is -2.32. The SMILES string of the molecule is CN(CCCCCCOC1CCNCC1)C1CC1.Cl.Cl. The highest BCUT2D eigenvalue weighted by atomic mass is 35.5. The van der Waals surface area contributed by atoms with Crippen LogP contribution < -0.4 is 5.32 Å². The number of piperidine rings is 1. The smallest absolute Gasteiger partial charge is 0.0599 e. The molecule has 1 heterocycles. The van der Waals surface area contributed by atoms with Gasteiger partial charge in [-0.3, -0.25) is 0 Å². The minimum Gasteiger partial charge on any atom is -0.378 e. The van der Waals surface area contributed by atoms with E-state index in [-0.39, 0.29) is 24.8 Å². The van der Waals surface area contributed by atoms with Gasteiger partial charge < -0.3 is 15.0 Å². The van der Waals surface area contributed by atoms with Crippen molar-refractivity contribution >= 4 is 24.8 Å². The monoisotopic (exact) mass is 326 g/mol. The molecule has 0 unspecified atom stereocenters. The molecule has 0 aromatic carbocycles. The summed E-state index contributed by atoms with van der Waals surface area (Å²) in [4.78, 5) is 2.53. The summed E-state index contributed by atoms with van der Waals surface area (Å²) in [5.74, 6) is 0. The Morgan fingerprint density at radius 3 is 2.25 bits per heavy atom. The first-order valence-corrected chi connectivity index (χ1v) is 7.89. The summed E-state index contributed by atoms with van der Waals surface area (Å²) in [6.07, 6.45) is 11.1. The fourth-order valence-electron chi connectivity index (χ4n) is 2.73. The van der Waals surface area contributed by atoms with E-state index in [0.717, 1.165) is 25.7 Å². The number of nitrogens with one attached hydrogen (secondary N) is 1. The van der Waals surface area contributed by atoms with Crippen molar-refractivity contribution in [3.8, 4) is 0 Å². The van der Waals surface area contributed by atoms with Crippen LogP contribution in [0.1, 0.15) is 51.4 Å². The molecule has 0 aromatic heterocycles. The minimum absolute atomic E-state index is 0. The standard InChI is InChI=1S/C15H30N2O.2ClH/c1-17(14-6-7-14)12-4-2-3-5-13-18-15-8-10-16-11-9-15;;/h14-16H,2-13H2,1H3;2*1H. The Hall–Kier alpha value is 0.460. The summed E-state index contributed by atoms with van der Waals surface area (Å²) in [6, 6.07) is 0.924. The van der Waals surface area contributed by atoms with Gasteiger partial charge in [-0.25, -0.2) is 0 Å². The van der Waals surface area contributed by atoms with Crippen molar-refractivity contribution in [1.29, 1.82) is 0 Å². The number of hydrogen-bond acceptors (Lipinski definition) is 3. The van der Waals surface area contributed by atoms with Crippen molar-refractivity contribution in [2.75, 3.05) is 33.3 Å². The van der Waals surface area contributed by atoms with Crippen molar-refractivity contribution in [1.82, 2.24) is 10.2 Å². The molecule has 3 nitrogen and oxygen atoms in total. The maximum Gasteiger partial charge on any atom is 0.0599 e. The third kappa shape index (κ3) is 8.68. The van der Waals surface area contributed by atoms with Gasteiger partial charge in [-0.1, -0.05) is 12.8 Å². The van der Waals surface area contributed by atoms with E-state index in [1.165, 1.54) is 57.9 Å². The van der Waals surface area contributed by atoms with E-state index in [1.807, 2.05) is 0 Å². The van der Waals surface area contributed by atoms with Crippen molar-refractivity contribution in [3.05, 3.63) is 0 Å². The molecule has 1 aliphatic heterocycles. The molecule has 0 amide bonds. The van der Waals surface area contributed by atoms with Crippen LogP contribution in [0.3, 0.4) is 0 Å². The molecular weight excluding hydrogens is 295 g/mol. The summed E-state index contributed by atoms with van der Waals surface area (Å²) in [5.41, 5.74) is 0. The largest absolute Gasteiger partial charge is 0.378 e. The first-order valence-electron chi connectivity index (χ1n) is 7.89. The topological polar surface area (TPSA) is 24.5 Å². The Labute approximate surface area is 137 Å². The van der Waals surface area contributed by atoms with Crippen LogP contribution >= 0.6 is 24.8 Å². The van der Waals surface area contributed by atoms with E-state index < -0.39 is 0 Å². The van der Waals surface area contributed by atoms with Gasteiger partial charge in [0.25, 0.3) is 0 Å². The number of unbranched alkanes of at least 4 members (excludes halogenated alkanes) is 3. The number of ether oxygens (including phenoxy) is 1. The van der Waals surface area contributed by atoms with Gasteiger partial charge in [0.2, 0.25) is 0 Å². The maximum absolute atomic E-state index is 5.91. The summed E-state index contributed by atoms with van der Waals surface area (Å²) >= 11 is 0. The van der Waals surface area contributed by atoms with Gasteiger partial charge in [-0.15, -0.1) is 24.8 Å². The Kier molecular flexibility index (Phi) is 12.3. The molecular formula is C15H32Cl2N2O. The van der Waals surface area contributed by atoms with Gasteiger partial charge in [-0.05, 0) is 65.2 Å². The first-order chi connectivity index (χ1) is 8.86. The fourth-order valence-corrected chi connectivity index (χ4v) is 2.73. The molecule has 2 rings (SSSR count). The van der Waals surface area contributed by atoms with Crippen LogP contribution in [0.25, 0.3) is 0 Å². The van der Waals surface area contributed by atoms with Gasteiger partial charge in [-0.2, -0.15) is 0 Å². The second-order valence-corrected chi connectivity index (χ2v) is 5.95. The fraction of sp³-hybridized carbons (Fsp3) is 1.00. The zero-order valence-corrected chi connectivity index (χ0v) is 14.4. The third-order valence-corrected chi connectivity index (χ3v) is 4.22. The summed E-state index contributed by atoms with van der Waals surface area (Å²) < 4.78 is 5.91. The number of nitrogens with zero attached hydrogens (tertiary/aromatic N) is 1. The number of halogens is 2. The third-order valence-electron chi connectivity index (χ3n) is 4.22. The van der Waals surface area contributed by atoms with Crippen molar-refractivity contribution in [2.24, 2.45) is 0 Å². The molecule has 1 N–H and O–H groups in total. The van der Waals surface area contributed by atoms with E-state index in [0.29, 0.717) is 6.10 Å². The molecule has 2 fully saturated rings. The molecule has 0 atom stereocenters. The van der Waals surface area contributed by atoms with E-state index in [2.05, 4.69) is 17.3 Å². The second-order valence-electron chi connectivity index (χ2n) is 5.95. The molecule has 0 bridgehead atoms. The average Bonchev–Trinajstić information content (AvgIpc) is 3.23. The molecule has 0 spiro atoms. The Morgan fingerprint density at radius 1 is 0.950 bits per heavy atom. The van der Waals surface area contributed by atoms with E-state index >= 15 is 0 Å². The van der Waals surface area contributed by atoms with Crippen molar-refractivity contribution in [3.63, 3.8) is 0 Å². The molecule has 5 heteroatoms. The highest BCUT2D eigenvalue weighted by Gasteiger charge is 2.25. The minimum atomic E-state index is 0. The zero-order valence-electron chi connectivity index (χ0n) is 12.8. The molecule has 20 heavy (non-hydrogen) atoms. The van der Waals surface area contributed by atoms with Gasteiger partial charge in [0.15, 0.2) is 0 Å². The predicted molar refractivity (Wildman–Crippen MR) is 90.5 cm³/mol. The van der Waals surface area contributed by atoms with Crippen molar-refractivity contribution in [2.45, 2.75) is 63.5 Å². The molecule has 1 saturated heterocycles. The first kappa shape index (κ1) is 20.5. The molecule has 0 radical (unpaired) electrons. The molecule has 1 saturated carbocycles. The Bertz CT molecular complexity index is 222. The van der Waals surface area contributed by atoms with Gasteiger partial charge in [0, 0.05) is 12.6 Å². The summed E-state index contributed by atoms with van der Waals surface area (Å²) in [7, 11) is 2.28. The normalized spacial score (nSPS) is 19.5. The van der Waals surface area contributed by atoms with Crippen LogP contribution in [-0.2, 0) is 4.74 Å². The maximum atomic E-state index is 5.91. The molecule has 122 valence electrons. The van der Waals surface area contributed by atoms with Gasteiger partial charge in [0.05, 0.1) is 6.10 Å². The summed E-state index contributed by atoms with van der Waals surface area (Å²) in [5, 5.41) is 3.37. The highest BCUT2D eigenvalue weighted by Crippen LogP contribution is 2.25. The zero-order chi connectivity index (χ0) is 12.6. The molecule has 2 aliphatic rings. The van der Waals surface area contributed by atoms with Gasteiger partial charge in [0.1, 0.15) is 0 Å². The van der Waals surface area contributed by atoms with Crippen LogP contribution in [0.2, 0.25) is 0 Å². The Balaban J connectivity index is 0.00000180. The van der Waals surface area contributed by atoms with E-state index in [4.69, 9.17) is 4.74 Å². The highest BCUT2D eigenvalue weighted by molar-refractivity contribution is 5.85. The average molecular weight is 327 g/mol. The van der Waals surface area contributed by atoms with Crippen molar-refractivity contribution < 1.29 is 4.74 Å². The van der Waals surface area contributed by atoms with Crippen LogP contribution in [0, 0.1) is 0 Å². The van der Waals surface area contributed by atoms with Crippen LogP contribution in [0.15, 0.2) is 0 Å². The number of hydrogen-bond donors (Lipinski definition) is 1. The lowest BCUT2D eigenvalue weighted by molar-refractivity contribution is 0.0307. The van der Waals surface area contributed by atoms with Crippen LogP contribution in [0.4, 0.5) is 0 Å². The lowest BCUT2D eigenvalue weighted by atomic mass is 10.1. The van der Waals surface area contributed by atoms with E-state index in [9.17, 15) is 0 Å². The van der Waals surface area contributed by atoms with E-state index in [1.54, 1.807) is 0 Å². The second kappa shape index (κ2) is 12.0.